The van der Waals surface area contributed by atoms with Gasteiger partial charge >= 0.3 is 0 Å². The maximum absolute atomic E-state index is 5.63. The number of aliphatic imine (C=N–C) groups is 1. The standard InChI is InChI=1S/C16H28N4OS.HI/c1-3-15-20-14(12-22-15)10-19-16(17-4-2)18-8-5-9-21-11-13-6-7-13;/h12-13H,3-11H2,1-2H3,(H2,17,18,19);1H. The molecule has 0 saturated heterocycles. The Hall–Kier alpha value is -0.410. The van der Waals surface area contributed by atoms with Crippen molar-refractivity contribution in [2.45, 2.75) is 46.1 Å². The van der Waals surface area contributed by atoms with Crippen LogP contribution in [0.5, 0.6) is 0 Å². The van der Waals surface area contributed by atoms with E-state index in [1.165, 1.54) is 17.8 Å². The summed E-state index contributed by atoms with van der Waals surface area (Å²) >= 11 is 1.71. The lowest BCUT2D eigenvalue weighted by Gasteiger charge is -2.11. The fraction of sp³-hybridized carbons (Fsp3) is 0.750. The third kappa shape index (κ3) is 8.85. The molecule has 1 fully saturated rings. The lowest BCUT2D eigenvalue weighted by Crippen LogP contribution is -2.38. The first-order valence-electron chi connectivity index (χ1n) is 8.35. The third-order valence-electron chi connectivity index (χ3n) is 3.45. The average molecular weight is 452 g/mol. The molecule has 0 unspecified atom stereocenters. The van der Waals surface area contributed by atoms with Gasteiger partial charge in [-0.3, -0.25) is 0 Å². The largest absolute Gasteiger partial charge is 0.381 e. The SMILES string of the molecule is CCNC(=NCc1csc(CC)n1)NCCCOCC1CC1.I. The second-order valence-electron chi connectivity index (χ2n) is 5.58. The van der Waals surface area contributed by atoms with Crippen molar-refractivity contribution in [3.05, 3.63) is 16.1 Å². The summed E-state index contributed by atoms with van der Waals surface area (Å²) in [5.74, 6) is 1.70. The average Bonchev–Trinajstić information content (AvgIpc) is 3.24. The quantitative estimate of drug-likeness (QED) is 0.248. The van der Waals surface area contributed by atoms with Gasteiger partial charge in [0.05, 0.1) is 17.2 Å². The number of nitrogens with zero attached hydrogens (tertiary/aromatic N) is 2. The highest BCUT2D eigenvalue weighted by Crippen LogP contribution is 2.28. The van der Waals surface area contributed by atoms with Crippen molar-refractivity contribution in [1.29, 1.82) is 0 Å². The molecule has 0 atom stereocenters. The molecule has 1 aromatic rings. The molecule has 2 rings (SSSR count). The summed E-state index contributed by atoms with van der Waals surface area (Å²) < 4.78 is 5.63. The normalized spacial score (nSPS) is 14.4. The highest BCUT2D eigenvalue weighted by molar-refractivity contribution is 14.0. The van der Waals surface area contributed by atoms with E-state index >= 15 is 0 Å². The molecule has 0 aromatic carbocycles. The molecular weight excluding hydrogens is 423 g/mol. The summed E-state index contributed by atoms with van der Waals surface area (Å²) in [6.45, 7) is 8.35. The number of ether oxygens (including phenoxy) is 1. The molecule has 132 valence electrons. The molecule has 1 saturated carbocycles. The zero-order chi connectivity index (χ0) is 15.6. The minimum absolute atomic E-state index is 0. The Morgan fingerprint density at radius 1 is 1.39 bits per heavy atom. The number of hydrogen-bond acceptors (Lipinski definition) is 4. The van der Waals surface area contributed by atoms with Gasteiger partial charge in [-0.2, -0.15) is 0 Å². The van der Waals surface area contributed by atoms with Crippen molar-refractivity contribution < 1.29 is 4.74 Å². The molecule has 0 aliphatic heterocycles. The predicted octanol–water partition coefficient (Wildman–Crippen LogP) is 3.20. The summed E-state index contributed by atoms with van der Waals surface area (Å²) in [7, 11) is 0. The Kier molecular flexibility index (Phi) is 10.8. The minimum Gasteiger partial charge on any atom is -0.381 e. The van der Waals surface area contributed by atoms with Gasteiger partial charge in [0.2, 0.25) is 0 Å². The molecule has 0 radical (unpaired) electrons. The van der Waals surface area contributed by atoms with E-state index in [0.717, 1.165) is 56.7 Å². The van der Waals surface area contributed by atoms with Crippen LogP contribution in [-0.4, -0.2) is 37.2 Å². The maximum atomic E-state index is 5.63. The number of hydrogen-bond donors (Lipinski definition) is 2. The number of aryl methyl sites for hydroxylation is 1. The van der Waals surface area contributed by atoms with E-state index in [9.17, 15) is 0 Å². The Morgan fingerprint density at radius 3 is 2.87 bits per heavy atom. The van der Waals surface area contributed by atoms with Crippen molar-refractivity contribution >= 4 is 41.3 Å². The maximum Gasteiger partial charge on any atom is 0.191 e. The Labute approximate surface area is 160 Å². The van der Waals surface area contributed by atoms with E-state index in [4.69, 9.17) is 4.74 Å². The molecule has 23 heavy (non-hydrogen) atoms. The van der Waals surface area contributed by atoms with Crippen molar-refractivity contribution in [2.75, 3.05) is 26.3 Å². The molecule has 1 heterocycles. The molecule has 1 aliphatic rings. The van der Waals surface area contributed by atoms with Crippen LogP contribution in [0.4, 0.5) is 0 Å². The summed E-state index contributed by atoms with van der Waals surface area (Å²) in [6.07, 6.45) is 4.71. The van der Waals surface area contributed by atoms with Crippen molar-refractivity contribution in [3.8, 4) is 0 Å². The van der Waals surface area contributed by atoms with Crippen molar-refractivity contribution in [3.63, 3.8) is 0 Å². The summed E-state index contributed by atoms with van der Waals surface area (Å²) in [6, 6.07) is 0. The van der Waals surface area contributed by atoms with Crippen LogP contribution in [0.1, 0.15) is 43.8 Å². The van der Waals surface area contributed by atoms with Gasteiger partial charge in [0, 0.05) is 31.7 Å². The van der Waals surface area contributed by atoms with Gasteiger partial charge in [-0.15, -0.1) is 35.3 Å². The van der Waals surface area contributed by atoms with E-state index in [-0.39, 0.29) is 24.0 Å². The minimum atomic E-state index is 0. The summed E-state index contributed by atoms with van der Waals surface area (Å²) in [4.78, 5) is 9.13. The number of halogens is 1. The number of rotatable bonds is 10. The molecule has 0 spiro atoms. The van der Waals surface area contributed by atoms with Gasteiger partial charge in [0.1, 0.15) is 0 Å². The smallest absolute Gasteiger partial charge is 0.191 e. The molecule has 7 heteroatoms. The lowest BCUT2D eigenvalue weighted by atomic mass is 10.4. The van der Waals surface area contributed by atoms with Gasteiger partial charge in [-0.25, -0.2) is 9.98 Å². The van der Waals surface area contributed by atoms with Crippen LogP contribution in [0.2, 0.25) is 0 Å². The van der Waals surface area contributed by atoms with Crippen LogP contribution in [0.15, 0.2) is 10.4 Å². The first-order chi connectivity index (χ1) is 10.8. The topological polar surface area (TPSA) is 58.5 Å². The number of nitrogens with one attached hydrogen (secondary N) is 2. The highest BCUT2D eigenvalue weighted by atomic mass is 127. The lowest BCUT2D eigenvalue weighted by molar-refractivity contribution is 0.123. The van der Waals surface area contributed by atoms with Crippen LogP contribution in [0, 0.1) is 5.92 Å². The number of thiazole rings is 1. The zero-order valence-corrected chi connectivity index (χ0v) is 17.3. The van der Waals surface area contributed by atoms with Crippen molar-refractivity contribution in [2.24, 2.45) is 10.9 Å². The van der Waals surface area contributed by atoms with Crippen LogP contribution in [0.3, 0.4) is 0 Å². The van der Waals surface area contributed by atoms with E-state index in [0.29, 0.717) is 6.54 Å². The van der Waals surface area contributed by atoms with Crippen LogP contribution in [-0.2, 0) is 17.7 Å². The molecule has 0 bridgehead atoms. The fourth-order valence-corrected chi connectivity index (χ4v) is 2.74. The van der Waals surface area contributed by atoms with E-state index in [1.54, 1.807) is 11.3 Å². The van der Waals surface area contributed by atoms with Gasteiger partial charge in [0.15, 0.2) is 5.96 Å². The van der Waals surface area contributed by atoms with E-state index in [2.05, 4.69) is 39.8 Å². The monoisotopic (exact) mass is 452 g/mol. The van der Waals surface area contributed by atoms with Crippen LogP contribution in [0.25, 0.3) is 0 Å². The number of aromatic nitrogens is 1. The second-order valence-corrected chi connectivity index (χ2v) is 6.52. The molecule has 1 aromatic heterocycles. The Bertz CT molecular complexity index is 463. The molecule has 0 amide bonds. The first kappa shape index (κ1) is 20.6. The molecule has 1 aliphatic carbocycles. The fourth-order valence-electron chi connectivity index (χ4n) is 2.00. The first-order valence-corrected chi connectivity index (χ1v) is 9.23. The van der Waals surface area contributed by atoms with Crippen LogP contribution >= 0.6 is 35.3 Å². The van der Waals surface area contributed by atoms with Gasteiger partial charge in [-0.1, -0.05) is 6.92 Å². The molecular formula is C16H29IN4OS. The Morgan fingerprint density at radius 2 is 2.22 bits per heavy atom. The highest BCUT2D eigenvalue weighted by Gasteiger charge is 2.20. The summed E-state index contributed by atoms with van der Waals surface area (Å²) in [5.41, 5.74) is 1.05. The van der Waals surface area contributed by atoms with Gasteiger partial charge in [0.25, 0.3) is 0 Å². The molecule has 5 nitrogen and oxygen atoms in total. The van der Waals surface area contributed by atoms with Gasteiger partial charge < -0.3 is 15.4 Å². The van der Waals surface area contributed by atoms with Crippen LogP contribution < -0.4 is 10.6 Å². The zero-order valence-electron chi connectivity index (χ0n) is 14.1. The number of guanidine groups is 1. The van der Waals surface area contributed by atoms with E-state index < -0.39 is 0 Å². The second kappa shape index (κ2) is 12.0. The predicted molar refractivity (Wildman–Crippen MR) is 108 cm³/mol. The Balaban J connectivity index is 0.00000264. The molecule has 2 N–H and O–H groups in total. The third-order valence-corrected chi connectivity index (χ3v) is 4.50. The summed E-state index contributed by atoms with van der Waals surface area (Å²) in [5, 5.41) is 9.89. The van der Waals surface area contributed by atoms with Crippen molar-refractivity contribution in [1.82, 2.24) is 15.6 Å². The van der Waals surface area contributed by atoms with Gasteiger partial charge in [-0.05, 0) is 38.5 Å². The van der Waals surface area contributed by atoms with E-state index in [1.807, 2.05) is 0 Å².